The molecular weight excluding hydrogens is 340 g/mol. The SMILES string of the molecule is [CH-]=C(C)C(=[CH-])N=[N+]=[N-].[U+2]. The van der Waals surface area contributed by atoms with Gasteiger partial charge in [-0.15, -0.1) is 6.92 Å². The normalized spacial score (nSPS) is 6.33. The second kappa shape index (κ2) is 5.97. The quantitative estimate of drug-likeness (QED) is 0.242. The molecule has 0 heterocycles. The van der Waals surface area contributed by atoms with Gasteiger partial charge in [-0.2, -0.15) is 5.11 Å². The van der Waals surface area contributed by atoms with Crippen molar-refractivity contribution in [3.63, 3.8) is 0 Å². The average molecular weight is 345 g/mol. The first-order valence-corrected chi connectivity index (χ1v) is 1.95. The minimum Gasteiger partial charge on any atom is -0.391 e. The van der Waals surface area contributed by atoms with Crippen molar-refractivity contribution in [3.8, 4) is 0 Å². The van der Waals surface area contributed by atoms with E-state index in [0.29, 0.717) is 5.57 Å². The predicted octanol–water partition coefficient (Wildman–Crippen LogP) is 1.99. The molecule has 0 aliphatic rings. The zero-order chi connectivity index (χ0) is 6.57. The summed E-state index contributed by atoms with van der Waals surface area (Å²) in [5, 5.41) is 3.04. The van der Waals surface area contributed by atoms with Gasteiger partial charge in [-0.25, -0.2) is 0 Å². The molecule has 0 fully saturated rings. The molecule has 0 bridgehead atoms. The topological polar surface area (TPSA) is 48.8 Å². The zero-order valence-corrected chi connectivity index (χ0v) is 9.16. The fourth-order valence-corrected chi connectivity index (χ4v) is 0.127. The molecule has 0 aliphatic carbocycles. The Hall–Kier alpha value is -0.158. The molecule has 0 aromatic heterocycles. The van der Waals surface area contributed by atoms with Crippen LogP contribution in [0.3, 0.4) is 0 Å². The van der Waals surface area contributed by atoms with Crippen molar-refractivity contribution in [3.05, 3.63) is 34.9 Å². The number of azide groups is 1. The number of hydrogen-bond donors (Lipinski definition) is 0. The maximum absolute atomic E-state index is 7.77. The molecule has 0 atom stereocenters. The smallest absolute Gasteiger partial charge is 0.391 e. The van der Waals surface area contributed by atoms with E-state index in [1.165, 1.54) is 0 Å². The summed E-state index contributed by atoms with van der Waals surface area (Å²) in [5.74, 6) is 0. The standard InChI is InChI=1S/C5H5N3.U/c1-4(2)5(3)7-8-6;/h1,3H,2H3;/q-2;+2. The predicted molar refractivity (Wildman–Crippen MR) is 30.4 cm³/mol. The van der Waals surface area contributed by atoms with Crippen molar-refractivity contribution in [1.82, 2.24) is 0 Å². The van der Waals surface area contributed by atoms with Crippen molar-refractivity contribution in [1.29, 1.82) is 0 Å². The second-order valence-electron chi connectivity index (χ2n) is 1.26. The van der Waals surface area contributed by atoms with Crippen LogP contribution in [-0.4, -0.2) is 0 Å². The van der Waals surface area contributed by atoms with Crippen molar-refractivity contribution in [2.45, 2.75) is 6.92 Å². The van der Waals surface area contributed by atoms with Crippen molar-refractivity contribution in [2.24, 2.45) is 5.11 Å². The zero-order valence-electron chi connectivity index (χ0n) is 5.00. The summed E-state index contributed by atoms with van der Waals surface area (Å²) < 4.78 is 0. The first-order valence-electron chi connectivity index (χ1n) is 1.95. The van der Waals surface area contributed by atoms with E-state index in [4.69, 9.17) is 18.7 Å². The summed E-state index contributed by atoms with van der Waals surface area (Å²) in [4.78, 5) is 2.42. The summed E-state index contributed by atoms with van der Waals surface area (Å²) in [6.45, 7) is 11.7. The molecule has 0 N–H and O–H groups in total. The van der Waals surface area contributed by atoms with Gasteiger partial charge in [0, 0.05) is 0 Å². The van der Waals surface area contributed by atoms with Crippen LogP contribution in [0, 0.1) is 44.3 Å². The van der Waals surface area contributed by atoms with E-state index in [-0.39, 0.29) is 36.8 Å². The molecule has 0 aromatic carbocycles. The number of allylic oxidation sites excluding steroid dienone is 1. The Morgan fingerprint density at radius 3 is 2.11 bits per heavy atom. The molecular formula is C5H5N3U. The summed E-state index contributed by atoms with van der Waals surface area (Å²) in [6, 6.07) is 0. The molecule has 4 heteroatoms. The van der Waals surface area contributed by atoms with Crippen LogP contribution < -0.4 is 0 Å². The number of hydrogen-bond acceptors (Lipinski definition) is 1. The minimum absolute atomic E-state index is 0. The molecule has 0 rings (SSSR count). The van der Waals surface area contributed by atoms with Crippen LogP contribution in [-0.2, 0) is 0 Å². The molecule has 44 valence electrons. The Kier molecular flexibility index (Phi) is 7.70. The van der Waals surface area contributed by atoms with Gasteiger partial charge in [-0.3, -0.25) is 5.70 Å². The van der Waals surface area contributed by atoms with E-state index in [0.717, 1.165) is 0 Å². The van der Waals surface area contributed by atoms with E-state index < -0.39 is 0 Å². The van der Waals surface area contributed by atoms with Gasteiger partial charge in [0.1, 0.15) is 0 Å². The Bertz CT molecular complexity index is 163. The van der Waals surface area contributed by atoms with Crippen molar-refractivity contribution < 1.29 is 31.1 Å². The van der Waals surface area contributed by atoms with Crippen LogP contribution in [0.1, 0.15) is 6.92 Å². The molecule has 0 radical (unpaired) electrons. The summed E-state index contributed by atoms with van der Waals surface area (Å²) >= 11 is 0. The molecule has 0 saturated heterocycles. The van der Waals surface area contributed by atoms with E-state index in [2.05, 4.69) is 10.0 Å². The second-order valence-corrected chi connectivity index (χ2v) is 1.26. The third-order valence-corrected chi connectivity index (χ3v) is 0.556. The first-order chi connectivity index (χ1) is 3.68. The Morgan fingerprint density at radius 1 is 1.56 bits per heavy atom. The van der Waals surface area contributed by atoms with Gasteiger partial charge in [0.15, 0.2) is 0 Å². The van der Waals surface area contributed by atoms with Gasteiger partial charge in [0.2, 0.25) is 0 Å². The van der Waals surface area contributed by atoms with Crippen LogP contribution in [0.15, 0.2) is 16.4 Å². The molecule has 0 saturated carbocycles. The van der Waals surface area contributed by atoms with E-state index in [1.54, 1.807) is 6.92 Å². The van der Waals surface area contributed by atoms with E-state index in [1.807, 2.05) is 0 Å². The van der Waals surface area contributed by atoms with Gasteiger partial charge in [-0.05, 0) is 10.4 Å². The third-order valence-electron chi connectivity index (χ3n) is 0.556. The Morgan fingerprint density at radius 2 is 2.00 bits per heavy atom. The number of rotatable bonds is 2. The van der Waals surface area contributed by atoms with Gasteiger partial charge in [0.25, 0.3) is 0 Å². The fourth-order valence-electron chi connectivity index (χ4n) is 0.127. The van der Waals surface area contributed by atoms with Crippen LogP contribution in [0.4, 0.5) is 0 Å². The molecule has 0 spiro atoms. The molecule has 0 amide bonds. The molecule has 0 unspecified atom stereocenters. The Balaban J connectivity index is 0. The van der Waals surface area contributed by atoms with Crippen LogP contribution >= 0.6 is 0 Å². The maximum atomic E-state index is 7.77. The monoisotopic (exact) mass is 345 g/mol. The molecule has 9 heavy (non-hydrogen) atoms. The summed E-state index contributed by atoms with van der Waals surface area (Å²) in [6.07, 6.45) is 0. The van der Waals surface area contributed by atoms with E-state index >= 15 is 0 Å². The molecule has 0 aromatic rings. The Labute approximate surface area is 77.8 Å². The average Bonchev–Trinajstić information content (AvgIpc) is 1.67. The minimum atomic E-state index is 0. The third kappa shape index (κ3) is 5.72. The van der Waals surface area contributed by atoms with E-state index in [9.17, 15) is 0 Å². The maximum Gasteiger partial charge on any atom is 2.00 e. The fraction of sp³-hybridized carbons (Fsp3) is 0.200. The summed E-state index contributed by atoms with van der Waals surface area (Å²) in [5.41, 5.74) is 8.14. The van der Waals surface area contributed by atoms with Gasteiger partial charge < -0.3 is 18.7 Å². The van der Waals surface area contributed by atoms with Crippen molar-refractivity contribution >= 4 is 0 Å². The van der Waals surface area contributed by atoms with Gasteiger partial charge in [0.05, 0.1) is 0 Å². The van der Waals surface area contributed by atoms with Crippen molar-refractivity contribution in [2.75, 3.05) is 0 Å². The summed E-state index contributed by atoms with van der Waals surface area (Å²) in [7, 11) is 0. The number of nitrogens with zero attached hydrogens (tertiary/aromatic N) is 3. The first kappa shape index (κ1) is 11.6. The molecule has 3 nitrogen and oxygen atoms in total. The van der Waals surface area contributed by atoms with Gasteiger partial charge >= 0.3 is 31.1 Å². The largest absolute Gasteiger partial charge is 2.00 e. The van der Waals surface area contributed by atoms with Crippen LogP contribution in [0.2, 0.25) is 0 Å². The van der Waals surface area contributed by atoms with Gasteiger partial charge in [-0.1, -0.05) is 0 Å². The molecule has 0 aliphatic heterocycles. The van der Waals surface area contributed by atoms with Crippen LogP contribution in [0.25, 0.3) is 10.4 Å². The van der Waals surface area contributed by atoms with Crippen LogP contribution in [0.5, 0.6) is 0 Å².